The topological polar surface area (TPSA) is 18.5 Å². The molecule has 0 aliphatic carbocycles. The Morgan fingerprint density at radius 2 is 1.61 bits per heavy atom. The molecule has 0 N–H and O–H groups in total. The molecule has 2 nitrogen and oxygen atoms in total. The predicted molar refractivity (Wildman–Crippen MR) is 117 cm³/mol. The summed E-state index contributed by atoms with van der Waals surface area (Å²) in [5.41, 5.74) is 2.49. The van der Waals surface area contributed by atoms with Crippen LogP contribution >= 0.6 is 11.6 Å². The van der Waals surface area contributed by atoms with Crippen molar-refractivity contribution in [3.05, 3.63) is 88.9 Å². The first-order chi connectivity index (χ1) is 13.5. The van der Waals surface area contributed by atoms with Gasteiger partial charge >= 0.3 is 0 Å². The highest BCUT2D eigenvalue weighted by molar-refractivity contribution is 6.32. The zero-order valence-electron chi connectivity index (χ0n) is 16.7. The van der Waals surface area contributed by atoms with Crippen molar-refractivity contribution in [1.29, 1.82) is 0 Å². The molecule has 3 aromatic rings. The van der Waals surface area contributed by atoms with Crippen LogP contribution in [0.3, 0.4) is 0 Å². The number of ether oxygens (including phenoxy) is 2. The molecule has 146 valence electrons. The minimum Gasteiger partial charge on any atom is -0.492 e. The van der Waals surface area contributed by atoms with E-state index in [1.54, 1.807) is 0 Å². The summed E-state index contributed by atoms with van der Waals surface area (Å²) in [6, 6.07) is 24.3. The van der Waals surface area contributed by atoms with Gasteiger partial charge in [0.1, 0.15) is 17.2 Å². The molecule has 3 aromatic carbocycles. The minimum atomic E-state index is 0.00464. The van der Waals surface area contributed by atoms with E-state index in [0.29, 0.717) is 11.6 Å². The molecule has 0 atom stereocenters. The fourth-order valence-corrected chi connectivity index (χ4v) is 3.42. The normalized spacial score (nSPS) is 11.3. The summed E-state index contributed by atoms with van der Waals surface area (Å²) >= 11 is 6.39. The molecular weight excluding hydrogens is 368 g/mol. The van der Waals surface area contributed by atoms with Crippen LogP contribution in [0.4, 0.5) is 0 Å². The van der Waals surface area contributed by atoms with Crippen molar-refractivity contribution in [2.24, 2.45) is 0 Å². The van der Waals surface area contributed by atoms with Crippen LogP contribution in [0.15, 0.2) is 72.8 Å². The lowest BCUT2D eigenvalue weighted by Gasteiger charge is -2.26. The van der Waals surface area contributed by atoms with Crippen molar-refractivity contribution in [2.75, 3.05) is 6.61 Å². The van der Waals surface area contributed by atoms with E-state index in [1.807, 2.05) is 61.5 Å². The number of benzene rings is 3. The summed E-state index contributed by atoms with van der Waals surface area (Å²) in [5.74, 6) is 2.46. The first kappa shape index (κ1) is 20.3. The summed E-state index contributed by atoms with van der Waals surface area (Å²) in [5, 5.41) is 0.672. The van der Waals surface area contributed by atoms with E-state index < -0.39 is 0 Å². The van der Waals surface area contributed by atoms with Gasteiger partial charge in [-0.2, -0.15) is 0 Å². The van der Waals surface area contributed by atoms with E-state index in [-0.39, 0.29) is 5.41 Å². The van der Waals surface area contributed by atoms with Crippen LogP contribution in [0.2, 0.25) is 5.02 Å². The zero-order chi connectivity index (χ0) is 20.0. The fraction of sp³-hybridized carbons (Fsp3) is 0.280. The van der Waals surface area contributed by atoms with Gasteiger partial charge in [-0.05, 0) is 72.7 Å². The second kappa shape index (κ2) is 9.16. The van der Waals surface area contributed by atoms with Crippen LogP contribution in [0.25, 0.3) is 0 Å². The number of hydrogen-bond acceptors (Lipinski definition) is 2. The molecule has 0 bridgehead atoms. The quantitative estimate of drug-likeness (QED) is 0.395. The molecule has 0 saturated heterocycles. The van der Waals surface area contributed by atoms with Crippen LogP contribution in [0.5, 0.6) is 17.2 Å². The number of hydrogen-bond donors (Lipinski definition) is 0. The van der Waals surface area contributed by atoms with Gasteiger partial charge in [0.15, 0.2) is 0 Å². The summed E-state index contributed by atoms with van der Waals surface area (Å²) in [7, 11) is 0. The summed E-state index contributed by atoms with van der Waals surface area (Å²) in [6.45, 7) is 7.08. The first-order valence-electron chi connectivity index (χ1n) is 9.72. The van der Waals surface area contributed by atoms with Crippen molar-refractivity contribution >= 4 is 11.6 Å². The molecule has 0 amide bonds. The van der Waals surface area contributed by atoms with E-state index in [4.69, 9.17) is 21.1 Å². The Balaban J connectivity index is 1.67. The lowest BCUT2D eigenvalue weighted by molar-refractivity contribution is 0.340. The highest BCUT2D eigenvalue weighted by Crippen LogP contribution is 2.34. The van der Waals surface area contributed by atoms with Crippen LogP contribution < -0.4 is 9.47 Å². The van der Waals surface area contributed by atoms with E-state index in [1.165, 1.54) is 11.1 Å². The van der Waals surface area contributed by atoms with Gasteiger partial charge in [-0.25, -0.2) is 0 Å². The van der Waals surface area contributed by atoms with Crippen molar-refractivity contribution in [2.45, 2.75) is 39.0 Å². The molecule has 0 aliphatic rings. The number of rotatable bonds is 8. The predicted octanol–water partition coefficient (Wildman–Crippen LogP) is 7.44. The molecule has 0 heterocycles. The molecule has 0 fully saturated rings. The Labute approximate surface area is 173 Å². The molecule has 0 aromatic heterocycles. The molecule has 0 radical (unpaired) electrons. The van der Waals surface area contributed by atoms with Gasteiger partial charge in [-0.1, -0.05) is 61.8 Å². The maximum absolute atomic E-state index is 6.39. The Kier molecular flexibility index (Phi) is 6.64. The summed E-state index contributed by atoms with van der Waals surface area (Å²) in [4.78, 5) is 0. The SMILES string of the molecule is CCOc1ccc(C(C)(C)CCc2cccc(Oc3ccccc3)c2)cc1Cl. The van der Waals surface area contributed by atoms with Gasteiger partial charge in [-0.3, -0.25) is 0 Å². The molecule has 3 heteroatoms. The third-order valence-electron chi connectivity index (χ3n) is 4.93. The highest BCUT2D eigenvalue weighted by Gasteiger charge is 2.21. The monoisotopic (exact) mass is 394 g/mol. The lowest BCUT2D eigenvalue weighted by atomic mass is 9.79. The van der Waals surface area contributed by atoms with Crippen molar-refractivity contribution < 1.29 is 9.47 Å². The average molecular weight is 395 g/mol. The van der Waals surface area contributed by atoms with Gasteiger partial charge in [0, 0.05) is 0 Å². The fourth-order valence-electron chi connectivity index (χ4n) is 3.18. The van der Waals surface area contributed by atoms with Gasteiger partial charge in [-0.15, -0.1) is 0 Å². The van der Waals surface area contributed by atoms with E-state index in [0.717, 1.165) is 30.1 Å². The maximum Gasteiger partial charge on any atom is 0.137 e. The smallest absolute Gasteiger partial charge is 0.137 e. The standard InChI is InChI=1S/C25H27ClO2/c1-4-27-24-14-13-20(18-23(24)26)25(2,3)16-15-19-9-8-12-22(17-19)28-21-10-6-5-7-11-21/h5-14,17-18H,4,15-16H2,1-3H3. The van der Waals surface area contributed by atoms with Crippen molar-refractivity contribution in [3.63, 3.8) is 0 Å². The molecule has 0 unspecified atom stereocenters. The third-order valence-corrected chi connectivity index (χ3v) is 5.22. The summed E-state index contributed by atoms with van der Waals surface area (Å²) in [6.07, 6.45) is 1.97. The highest BCUT2D eigenvalue weighted by atomic mass is 35.5. The second-order valence-electron chi connectivity index (χ2n) is 7.52. The van der Waals surface area contributed by atoms with Crippen molar-refractivity contribution in [1.82, 2.24) is 0 Å². The molecular formula is C25H27ClO2. The van der Waals surface area contributed by atoms with E-state index in [2.05, 4.69) is 32.0 Å². The Morgan fingerprint density at radius 1 is 0.857 bits per heavy atom. The number of halogens is 1. The second-order valence-corrected chi connectivity index (χ2v) is 7.93. The van der Waals surface area contributed by atoms with Gasteiger partial charge in [0.2, 0.25) is 0 Å². The Bertz CT molecular complexity index is 903. The Hall–Kier alpha value is -2.45. The molecule has 0 aliphatic heterocycles. The van der Waals surface area contributed by atoms with Gasteiger partial charge in [0.05, 0.1) is 11.6 Å². The summed E-state index contributed by atoms with van der Waals surface area (Å²) < 4.78 is 11.5. The van der Waals surface area contributed by atoms with Gasteiger partial charge in [0.25, 0.3) is 0 Å². The number of para-hydroxylation sites is 1. The van der Waals surface area contributed by atoms with Crippen LogP contribution in [0, 0.1) is 0 Å². The Morgan fingerprint density at radius 3 is 2.32 bits per heavy atom. The molecule has 0 spiro atoms. The van der Waals surface area contributed by atoms with Crippen molar-refractivity contribution in [3.8, 4) is 17.2 Å². The average Bonchev–Trinajstić information content (AvgIpc) is 2.69. The molecule has 3 rings (SSSR count). The van der Waals surface area contributed by atoms with Gasteiger partial charge < -0.3 is 9.47 Å². The minimum absolute atomic E-state index is 0.00464. The number of aryl methyl sites for hydroxylation is 1. The van der Waals surface area contributed by atoms with Crippen LogP contribution in [-0.4, -0.2) is 6.61 Å². The molecule has 0 saturated carbocycles. The van der Waals surface area contributed by atoms with E-state index >= 15 is 0 Å². The first-order valence-corrected chi connectivity index (χ1v) is 10.1. The lowest BCUT2D eigenvalue weighted by Crippen LogP contribution is -2.18. The maximum atomic E-state index is 6.39. The van der Waals surface area contributed by atoms with Crippen LogP contribution in [0.1, 0.15) is 38.3 Å². The van der Waals surface area contributed by atoms with E-state index in [9.17, 15) is 0 Å². The largest absolute Gasteiger partial charge is 0.492 e. The molecule has 28 heavy (non-hydrogen) atoms. The zero-order valence-corrected chi connectivity index (χ0v) is 17.5. The van der Waals surface area contributed by atoms with Crippen LogP contribution in [-0.2, 0) is 11.8 Å². The third kappa shape index (κ3) is 5.30.